The van der Waals surface area contributed by atoms with E-state index in [1.54, 1.807) is 23.1 Å². The second-order valence-corrected chi connectivity index (χ2v) is 7.47. The Bertz CT molecular complexity index is 1090. The smallest absolute Gasteiger partial charge is 0.417 e. The van der Waals surface area contributed by atoms with Crippen molar-refractivity contribution in [3.8, 4) is 5.75 Å². The molecule has 0 bridgehead atoms. The molecule has 1 aromatic heterocycles. The normalized spacial score (nSPS) is 14.0. The highest BCUT2D eigenvalue weighted by Crippen LogP contribution is 2.47. The van der Waals surface area contributed by atoms with Crippen molar-refractivity contribution in [1.29, 1.82) is 0 Å². The van der Waals surface area contributed by atoms with E-state index in [4.69, 9.17) is 0 Å². The van der Waals surface area contributed by atoms with Crippen molar-refractivity contribution in [1.82, 2.24) is 4.90 Å². The molecule has 0 saturated heterocycles. The van der Waals surface area contributed by atoms with Crippen molar-refractivity contribution in [2.45, 2.75) is 12.6 Å². The zero-order chi connectivity index (χ0) is 20.6. The zero-order valence-electron chi connectivity index (χ0n) is 15.3. The van der Waals surface area contributed by atoms with Gasteiger partial charge >= 0.3 is 6.18 Å². The molecule has 1 aliphatic rings. The SMILES string of the molecule is C=C1c2c(C(F)(F)F)csc2N=C(c2ccccc2O)N1CCc1ccccc1. The molecule has 148 valence electrons. The van der Waals surface area contributed by atoms with Crippen LogP contribution in [0.5, 0.6) is 5.75 Å². The first-order valence-electron chi connectivity index (χ1n) is 8.92. The van der Waals surface area contributed by atoms with Gasteiger partial charge in [0.15, 0.2) is 0 Å². The van der Waals surface area contributed by atoms with Gasteiger partial charge in [-0.2, -0.15) is 13.2 Å². The van der Waals surface area contributed by atoms with Crippen LogP contribution < -0.4 is 0 Å². The standard InChI is InChI=1S/C22H17F3N2OS/c1-14-19-17(22(23,24)25)13-29-21(19)26-20(16-9-5-6-10-18(16)28)27(14)12-11-15-7-3-2-4-8-15/h2-10,13,28H,1,11-12H2. The highest BCUT2D eigenvalue weighted by Gasteiger charge is 2.39. The average molecular weight is 414 g/mol. The number of fused-ring (bicyclic) bond motifs is 1. The van der Waals surface area contributed by atoms with Crippen LogP contribution in [0.25, 0.3) is 5.70 Å². The first-order chi connectivity index (χ1) is 13.9. The van der Waals surface area contributed by atoms with E-state index < -0.39 is 11.7 Å². The van der Waals surface area contributed by atoms with Crippen LogP contribution in [0, 0.1) is 0 Å². The predicted molar refractivity (Wildman–Crippen MR) is 110 cm³/mol. The number of thiophene rings is 1. The first-order valence-corrected chi connectivity index (χ1v) is 9.80. The van der Waals surface area contributed by atoms with E-state index in [9.17, 15) is 18.3 Å². The van der Waals surface area contributed by atoms with Crippen LogP contribution >= 0.6 is 11.3 Å². The Morgan fingerprint density at radius 1 is 1.03 bits per heavy atom. The number of nitrogens with zero attached hydrogens (tertiary/aromatic N) is 2. The highest BCUT2D eigenvalue weighted by molar-refractivity contribution is 7.14. The van der Waals surface area contributed by atoms with Gasteiger partial charge in [0, 0.05) is 23.2 Å². The molecule has 0 radical (unpaired) electrons. The van der Waals surface area contributed by atoms with Crippen LogP contribution in [0.2, 0.25) is 0 Å². The van der Waals surface area contributed by atoms with Crippen molar-refractivity contribution in [2.24, 2.45) is 4.99 Å². The quantitative estimate of drug-likeness (QED) is 0.562. The number of benzene rings is 2. The van der Waals surface area contributed by atoms with Crippen LogP contribution in [0.4, 0.5) is 18.2 Å². The van der Waals surface area contributed by atoms with E-state index in [2.05, 4.69) is 11.6 Å². The number of phenols is 1. The minimum absolute atomic E-state index is 0.00901. The van der Waals surface area contributed by atoms with Crippen molar-refractivity contribution in [3.05, 3.63) is 88.8 Å². The summed E-state index contributed by atoms with van der Waals surface area (Å²) in [5, 5.41) is 11.6. The number of amidine groups is 1. The number of aliphatic imine (C=N–C) groups is 1. The van der Waals surface area contributed by atoms with Gasteiger partial charge in [0.2, 0.25) is 0 Å². The maximum Gasteiger partial charge on any atom is 0.417 e. The molecule has 0 spiro atoms. The van der Waals surface area contributed by atoms with E-state index >= 15 is 0 Å². The molecular formula is C22H17F3N2OS. The molecule has 0 saturated carbocycles. The molecule has 29 heavy (non-hydrogen) atoms. The fraction of sp³-hybridized carbons (Fsp3) is 0.136. The number of alkyl halides is 3. The average Bonchev–Trinajstić information content (AvgIpc) is 3.13. The van der Waals surface area contributed by atoms with Crippen molar-refractivity contribution >= 4 is 27.9 Å². The second-order valence-electron chi connectivity index (χ2n) is 6.61. The summed E-state index contributed by atoms with van der Waals surface area (Å²) in [6.07, 6.45) is -3.90. The summed E-state index contributed by atoms with van der Waals surface area (Å²) in [5.41, 5.74) is 1.01. The van der Waals surface area contributed by atoms with Crippen LogP contribution in [-0.2, 0) is 12.6 Å². The predicted octanol–water partition coefficient (Wildman–Crippen LogP) is 6.08. The van der Waals surface area contributed by atoms with Gasteiger partial charge in [-0.05, 0) is 24.1 Å². The Balaban J connectivity index is 1.79. The van der Waals surface area contributed by atoms with Crippen LogP contribution in [0.15, 0.2) is 71.5 Å². The molecule has 7 heteroatoms. The van der Waals surface area contributed by atoms with Gasteiger partial charge in [-0.1, -0.05) is 49.0 Å². The molecule has 0 atom stereocenters. The summed E-state index contributed by atoms with van der Waals surface area (Å²) in [7, 11) is 0. The Labute approximate surface area is 170 Å². The lowest BCUT2D eigenvalue weighted by atomic mass is 10.0. The van der Waals surface area contributed by atoms with E-state index in [-0.39, 0.29) is 22.0 Å². The lowest BCUT2D eigenvalue weighted by Gasteiger charge is -2.32. The molecule has 3 aromatic rings. The summed E-state index contributed by atoms with van der Waals surface area (Å²) in [5.74, 6) is 0.409. The Morgan fingerprint density at radius 2 is 1.72 bits per heavy atom. The number of hydrogen-bond acceptors (Lipinski definition) is 4. The molecule has 2 heterocycles. The maximum absolute atomic E-state index is 13.5. The van der Waals surface area contributed by atoms with Gasteiger partial charge in [-0.3, -0.25) is 0 Å². The summed E-state index contributed by atoms with van der Waals surface area (Å²) in [6.45, 7) is 4.35. The second kappa shape index (κ2) is 7.40. The van der Waals surface area contributed by atoms with Gasteiger partial charge in [0.25, 0.3) is 0 Å². The third-order valence-corrected chi connectivity index (χ3v) is 5.64. The van der Waals surface area contributed by atoms with Gasteiger partial charge < -0.3 is 10.0 Å². The zero-order valence-corrected chi connectivity index (χ0v) is 16.1. The maximum atomic E-state index is 13.5. The van der Waals surface area contributed by atoms with Crippen molar-refractivity contribution in [3.63, 3.8) is 0 Å². The Kier molecular flexibility index (Phi) is 4.92. The molecule has 1 aliphatic heterocycles. The minimum atomic E-state index is -4.49. The summed E-state index contributed by atoms with van der Waals surface area (Å²) in [4.78, 5) is 6.15. The first kappa shape index (κ1) is 19.3. The van der Waals surface area contributed by atoms with Crippen LogP contribution in [0.3, 0.4) is 0 Å². The van der Waals surface area contributed by atoms with Crippen molar-refractivity contribution < 1.29 is 18.3 Å². The summed E-state index contributed by atoms with van der Waals surface area (Å²) < 4.78 is 40.5. The molecular weight excluding hydrogens is 397 g/mol. The van der Waals surface area contributed by atoms with Gasteiger partial charge in [0.1, 0.15) is 16.6 Å². The van der Waals surface area contributed by atoms with Gasteiger partial charge in [-0.25, -0.2) is 4.99 Å². The third-order valence-electron chi connectivity index (χ3n) is 4.77. The summed E-state index contributed by atoms with van der Waals surface area (Å²) in [6, 6.07) is 16.3. The van der Waals surface area contributed by atoms with E-state index in [0.717, 1.165) is 22.3 Å². The molecule has 0 amide bonds. The topological polar surface area (TPSA) is 35.8 Å². The number of phenolic OH excluding ortho intramolecular Hbond substituents is 1. The molecule has 0 aliphatic carbocycles. The van der Waals surface area contributed by atoms with Crippen molar-refractivity contribution in [2.75, 3.05) is 6.54 Å². The Morgan fingerprint density at radius 3 is 2.41 bits per heavy atom. The largest absolute Gasteiger partial charge is 0.507 e. The van der Waals surface area contributed by atoms with E-state index in [1.165, 1.54) is 6.07 Å². The highest BCUT2D eigenvalue weighted by atomic mass is 32.1. The fourth-order valence-corrected chi connectivity index (χ4v) is 4.30. The lowest BCUT2D eigenvalue weighted by molar-refractivity contribution is -0.137. The minimum Gasteiger partial charge on any atom is -0.507 e. The fourth-order valence-electron chi connectivity index (χ4n) is 3.33. The number of hydrogen-bond donors (Lipinski definition) is 1. The van der Waals surface area contributed by atoms with Crippen LogP contribution in [0.1, 0.15) is 22.3 Å². The molecule has 0 fully saturated rings. The van der Waals surface area contributed by atoms with Crippen LogP contribution in [-0.4, -0.2) is 22.4 Å². The number of halogens is 3. The van der Waals surface area contributed by atoms with Gasteiger partial charge in [0.05, 0.1) is 11.1 Å². The monoisotopic (exact) mass is 414 g/mol. The number of aromatic hydroxyl groups is 1. The number of rotatable bonds is 4. The lowest BCUT2D eigenvalue weighted by Crippen LogP contribution is -2.34. The van der Waals surface area contributed by atoms with Gasteiger partial charge in [-0.15, -0.1) is 11.3 Å². The molecule has 4 rings (SSSR count). The summed E-state index contributed by atoms with van der Waals surface area (Å²) >= 11 is 0.927. The molecule has 2 aromatic carbocycles. The van der Waals surface area contributed by atoms with E-state index in [0.29, 0.717) is 24.4 Å². The molecule has 3 nitrogen and oxygen atoms in total. The Hall–Kier alpha value is -3.06. The third kappa shape index (κ3) is 3.65. The van der Waals surface area contributed by atoms with E-state index in [1.807, 2.05) is 30.3 Å². The number of para-hydroxylation sites is 1. The molecule has 1 N–H and O–H groups in total. The molecule has 0 unspecified atom stereocenters.